The molecule has 0 aliphatic rings. The van der Waals surface area contributed by atoms with Gasteiger partial charge >= 0.3 is 0 Å². The lowest BCUT2D eigenvalue weighted by molar-refractivity contribution is -0.130. The van der Waals surface area contributed by atoms with Crippen LogP contribution in [0.25, 0.3) is 0 Å². The number of nitrogens with zero attached hydrogens (tertiary/aromatic N) is 1. The maximum absolute atomic E-state index is 11.8. The van der Waals surface area contributed by atoms with Gasteiger partial charge in [-0.3, -0.25) is 4.79 Å². The summed E-state index contributed by atoms with van der Waals surface area (Å²) in [6.07, 6.45) is 1.40. The zero-order chi connectivity index (χ0) is 13.5. The van der Waals surface area contributed by atoms with Gasteiger partial charge in [0.05, 0.1) is 6.10 Å². The van der Waals surface area contributed by atoms with E-state index < -0.39 is 0 Å². The molecule has 1 rings (SSSR count). The first kappa shape index (κ1) is 15.0. The zero-order valence-corrected chi connectivity index (χ0v) is 11.7. The molecule has 1 aromatic rings. The van der Waals surface area contributed by atoms with Gasteiger partial charge in [0, 0.05) is 25.0 Å². The molecule has 1 aromatic carbocycles. The second-order valence-corrected chi connectivity index (χ2v) is 5.02. The van der Waals surface area contributed by atoms with Crippen molar-refractivity contribution in [1.29, 1.82) is 0 Å². The molecule has 100 valence electrons. The number of carbonyl (C=O) groups excluding carboxylic acids is 1. The van der Waals surface area contributed by atoms with E-state index in [1.54, 1.807) is 18.9 Å². The molecule has 1 atom stereocenters. The van der Waals surface area contributed by atoms with Crippen LogP contribution in [-0.4, -0.2) is 35.6 Å². The van der Waals surface area contributed by atoms with Crippen LogP contribution in [0.1, 0.15) is 25.3 Å². The van der Waals surface area contributed by atoms with Crippen LogP contribution in [0.4, 0.5) is 0 Å². The van der Waals surface area contributed by atoms with Crippen LogP contribution in [0, 0.1) is 0 Å². The first-order chi connectivity index (χ1) is 8.49. The van der Waals surface area contributed by atoms with E-state index in [0.29, 0.717) is 30.8 Å². The Bertz CT molecular complexity index is 393. The minimum atomic E-state index is -0.367. The Morgan fingerprint density at radius 2 is 2.22 bits per heavy atom. The molecule has 1 N–H and O–H groups in total. The molecule has 4 heteroatoms. The van der Waals surface area contributed by atoms with Crippen molar-refractivity contribution in [2.75, 3.05) is 13.6 Å². The quantitative estimate of drug-likeness (QED) is 0.862. The molecule has 3 nitrogen and oxygen atoms in total. The monoisotopic (exact) mass is 269 g/mol. The molecule has 0 fully saturated rings. The molecule has 0 aliphatic heterocycles. The summed E-state index contributed by atoms with van der Waals surface area (Å²) in [6.45, 7) is 2.32. The number of rotatable bonds is 6. The first-order valence-corrected chi connectivity index (χ1v) is 6.53. The van der Waals surface area contributed by atoms with E-state index in [0.717, 1.165) is 5.56 Å². The summed E-state index contributed by atoms with van der Waals surface area (Å²) in [7, 11) is 1.77. The summed E-state index contributed by atoms with van der Waals surface area (Å²) in [5.74, 6) is 0.0932. The van der Waals surface area contributed by atoms with E-state index in [9.17, 15) is 4.79 Å². The van der Waals surface area contributed by atoms with Gasteiger partial charge in [-0.2, -0.15) is 0 Å². The lowest BCUT2D eigenvalue weighted by Gasteiger charge is -2.18. The smallest absolute Gasteiger partial charge is 0.222 e. The highest BCUT2D eigenvalue weighted by atomic mass is 35.5. The van der Waals surface area contributed by atoms with Gasteiger partial charge in [-0.25, -0.2) is 0 Å². The van der Waals surface area contributed by atoms with Gasteiger partial charge in [0.1, 0.15) is 0 Å². The molecule has 0 aliphatic carbocycles. The number of amides is 1. The van der Waals surface area contributed by atoms with E-state index >= 15 is 0 Å². The van der Waals surface area contributed by atoms with Crippen molar-refractivity contribution in [3.8, 4) is 0 Å². The van der Waals surface area contributed by atoms with Gasteiger partial charge < -0.3 is 10.0 Å². The van der Waals surface area contributed by atoms with Crippen molar-refractivity contribution in [3.63, 3.8) is 0 Å². The minimum Gasteiger partial charge on any atom is -0.393 e. The van der Waals surface area contributed by atoms with Crippen molar-refractivity contribution in [3.05, 3.63) is 34.9 Å². The molecule has 0 bridgehead atoms. The fourth-order valence-corrected chi connectivity index (χ4v) is 1.85. The minimum absolute atomic E-state index is 0.0932. The molecule has 0 saturated heterocycles. The molecule has 0 heterocycles. The highest BCUT2D eigenvalue weighted by molar-refractivity contribution is 6.30. The maximum Gasteiger partial charge on any atom is 0.222 e. The zero-order valence-electron chi connectivity index (χ0n) is 10.9. The summed E-state index contributed by atoms with van der Waals surface area (Å²) in [5.41, 5.74) is 1.07. The summed E-state index contributed by atoms with van der Waals surface area (Å²) in [6, 6.07) is 7.56. The fourth-order valence-electron chi connectivity index (χ4n) is 1.64. The number of aliphatic hydroxyl groups excluding tert-OH is 1. The van der Waals surface area contributed by atoms with E-state index in [4.69, 9.17) is 16.7 Å². The third-order valence-corrected chi connectivity index (χ3v) is 3.06. The van der Waals surface area contributed by atoms with Crippen LogP contribution < -0.4 is 0 Å². The molecule has 0 saturated carbocycles. The molecular formula is C14H20ClNO2. The van der Waals surface area contributed by atoms with Crippen LogP contribution >= 0.6 is 11.6 Å². The number of aryl methyl sites for hydroxylation is 1. The molecule has 1 unspecified atom stereocenters. The Morgan fingerprint density at radius 1 is 1.50 bits per heavy atom. The average molecular weight is 270 g/mol. The topological polar surface area (TPSA) is 40.5 Å². The molecule has 0 aromatic heterocycles. The number of aliphatic hydroxyl groups is 1. The Labute approximate surface area is 113 Å². The van der Waals surface area contributed by atoms with Crippen LogP contribution in [0.3, 0.4) is 0 Å². The summed E-state index contributed by atoms with van der Waals surface area (Å²) < 4.78 is 0. The SMILES string of the molecule is CC(O)CCN(C)C(=O)CCc1cccc(Cl)c1. The van der Waals surface area contributed by atoms with Gasteiger partial charge in [-0.15, -0.1) is 0 Å². The van der Waals surface area contributed by atoms with Crippen molar-refractivity contribution in [2.24, 2.45) is 0 Å². The lowest BCUT2D eigenvalue weighted by Crippen LogP contribution is -2.29. The normalized spacial score (nSPS) is 12.2. The largest absolute Gasteiger partial charge is 0.393 e. The summed E-state index contributed by atoms with van der Waals surface area (Å²) in [4.78, 5) is 13.5. The van der Waals surface area contributed by atoms with E-state index in [1.807, 2.05) is 24.3 Å². The fraction of sp³-hybridized carbons (Fsp3) is 0.500. The van der Waals surface area contributed by atoms with E-state index in [-0.39, 0.29) is 12.0 Å². The standard InChI is InChI=1S/C14H20ClNO2/c1-11(17)8-9-16(2)14(18)7-6-12-4-3-5-13(15)10-12/h3-5,10-11,17H,6-9H2,1-2H3. The lowest BCUT2D eigenvalue weighted by atomic mass is 10.1. The third kappa shape index (κ3) is 5.52. The van der Waals surface area contributed by atoms with Gasteiger partial charge in [0.2, 0.25) is 5.91 Å². The van der Waals surface area contributed by atoms with Crippen LogP contribution in [-0.2, 0) is 11.2 Å². The number of hydrogen-bond acceptors (Lipinski definition) is 2. The maximum atomic E-state index is 11.8. The Balaban J connectivity index is 2.36. The summed E-state index contributed by atoms with van der Waals surface area (Å²) >= 11 is 5.88. The number of halogens is 1. The van der Waals surface area contributed by atoms with Gasteiger partial charge in [0.25, 0.3) is 0 Å². The Morgan fingerprint density at radius 3 is 2.83 bits per heavy atom. The average Bonchev–Trinajstić information content (AvgIpc) is 2.33. The van der Waals surface area contributed by atoms with Gasteiger partial charge in [0.15, 0.2) is 0 Å². The van der Waals surface area contributed by atoms with E-state index in [1.165, 1.54) is 0 Å². The third-order valence-electron chi connectivity index (χ3n) is 2.82. The number of hydrogen-bond donors (Lipinski definition) is 1. The second kappa shape index (κ2) is 7.39. The highest BCUT2D eigenvalue weighted by Crippen LogP contribution is 2.12. The molecule has 18 heavy (non-hydrogen) atoms. The van der Waals surface area contributed by atoms with Gasteiger partial charge in [-0.05, 0) is 37.5 Å². The molecule has 0 spiro atoms. The predicted molar refractivity (Wildman–Crippen MR) is 73.7 cm³/mol. The van der Waals surface area contributed by atoms with Crippen molar-refractivity contribution >= 4 is 17.5 Å². The van der Waals surface area contributed by atoms with Crippen molar-refractivity contribution < 1.29 is 9.90 Å². The number of carbonyl (C=O) groups is 1. The van der Waals surface area contributed by atoms with E-state index in [2.05, 4.69) is 0 Å². The van der Waals surface area contributed by atoms with Crippen LogP contribution in [0.2, 0.25) is 5.02 Å². The molecule has 1 amide bonds. The predicted octanol–water partition coefficient (Wildman–Crippen LogP) is 2.50. The molecule has 0 radical (unpaired) electrons. The Hall–Kier alpha value is -1.06. The first-order valence-electron chi connectivity index (χ1n) is 6.15. The number of benzene rings is 1. The second-order valence-electron chi connectivity index (χ2n) is 4.58. The highest BCUT2D eigenvalue weighted by Gasteiger charge is 2.09. The van der Waals surface area contributed by atoms with Crippen molar-refractivity contribution in [2.45, 2.75) is 32.3 Å². The van der Waals surface area contributed by atoms with Crippen LogP contribution in [0.15, 0.2) is 24.3 Å². The van der Waals surface area contributed by atoms with Gasteiger partial charge in [-0.1, -0.05) is 23.7 Å². The van der Waals surface area contributed by atoms with Crippen molar-refractivity contribution in [1.82, 2.24) is 4.90 Å². The van der Waals surface area contributed by atoms with Crippen LogP contribution in [0.5, 0.6) is 0 Å². The summed E-state index contributed by atoms with van der Waals surface area (Å²) in [5, 5.41) is 9.87. The molecular weight excluding hydrogens is 250 g/mol. The Kier molecular flexibility index (Phi) is 6.16.